The molecular weight excluding hydrogens is 199 g/mol. The van der Waals surface area contributed by atoms with Crippen molar-refractivity contribution in [3.8, 4) is 0 Å². The summed E-state index contributed by atoms with van der Waals surface area (Å²) in [5.74, 6) is 0. The topological polar surface area (TPSA) is 121 Å². The van der Waals surface area contributed by atoms with Crippen molar-refractivity contribution in [2.24, 2.45) is 0 Å². The fraction of sp³-hybridized carbons (Fsp3) is 0. The Labute approximate surface area is 74.7 Å². The fourth-order valence-electron chi connectivity index (χ4n) is 0.253. The van der Waals surface area contributed by atoms with Crippen LogP contribution < -0.4 is 0 Å². The zero-order valence-corrected chi connectivity index (χ0v) is 7.44. The highest BCUT2D eigenvalue weighted by atomic mass is 31.1. The quantitative estimate of drug-likeness (QED) is 0.389. The van der Waals surface area contributed by atoms with Gasteiger partial charge < -0.3 is 14.9 Å². The highest BCUT2D eigenvalue weighted by Gasteiger charge is 1.61. The van der Waals surface area contributed by atoms with Crippen molar-refractivity contribution in [2.45, 2.75) is 0 Å². The predicted molar refractivity (Wildman–Crippen MR) is 44.2 cm³/mol. The Kier molecular flexibility index (Phi) is 14.6. The van der Waals surface area contributed by atoms with Crippen molar-refractivity contribution in [1.29, 1.82) is 0 Å². The first-order valence-electron chi connectivity index (χ1n) is 2.84. The first-order valence-corrected chi connectivity index (χ1v) is 4.15. The van der Waals surface area contributed by atoms with Crippen LogP contribution in [0.1, 0.15) is 0 Å². The molecule has 3 N–H and O–H groups in total. The maximum Gasteiger partial charge on any atom is 0.314 e. The number of hydrogen-bond acceptors (Lipinski definition) is 4. The standard InChI is InChI=1S/C4H4N2.CH2O2.H3O3P/c1-2-5-4-6-3-1;2-1-3;1-4(2)3/h1-4H;1H,(H,2,3);4H,(H2,1,2,3). The lowest BCUT2D eigenvalue weighted by atomic mass is 10.7. The van der Waals surface area contributed by atoms with E-state index in [-0.39, 0.29) is 6.47 Å². The van der Waals surface area contributed by atoms with Crippen LogP contribution in [0.3, 0.4) is 0 Å². The number of carbonyl (C=O) groups is 1. The summed E-state index contributed by atoms with van der Waals surface area (Å²) in [6.07, 6.45) is 4.88. The van der Waals surface area contributed by atoms with E-state index in [0.717, 1.165) is 0 Å². The molecule has 0 radical (unpaired) electrons. The molecule has 0 amide bonds. The molecule has 0 aromatic carbocycles. The van der Waals surface area contributed by atoms with Crippen LogP contribution >= 0.6 is 8.25 Å². The normalized spacial score (nSPS) is 7.31. The van der Waals surface area contributed by atoms with Crippen molar-refractivity contribution in [1.82, 2.24) is 9.97 Å². The maximum absolute atomic E-state index is 8.74. The third-order valence-electron chi connectivity index (χ3n) is 0.478. The molecule has 0 atom stereocenters. The molecule has 7 nitrogen and oxygen atoms in total. The van der Waals surface area contributed by atoms with E-state index in [4.69, 9.17) is 24.3 Å². The Hall–Kier alpha value is -1.30. The Morgan fingerprint density at radius 1 is 1.23 bits per heavy atom. The van der Waals surface area contributed by atoms with Gasteiger partial charge in [-0.1, -0.05) is 0 Å². The Morgan fingerprint density at radius 3 is 1.62 bits per heavy atom. The van der Waals surface area contributed by atoms with Crippen molar-refractivity contribution >= 4 is 14.7 Å². The van der Waals surface area contributed by atoms with E-state index in [1.54, 1.807) is 18.5 Å². The summed E-state index contributed by atoms with van der Waals surface area (Å²) >= 11 is 0. The highest BCUT2D eigenvalue weighted by molar-refractivity contribution is 7.30. The molecule has 1 aromatic rings. The minimum absolute atomic E-state index is 0.250. The van der Waals surface area contributed by atoms with E-state index < -0.39 is 8.25 Å². The minimum Gasteiger partial charge on any atom is -0.483 e. The van der Waals surface area contributed by atoms with Gasteiger partial charge in [-0.15, -0.1) is 0 Å². The molecule has 0 spiro atoms. The number of rotatable bonds is 0. The van der Waals surface area contributed by atoms with Crippen LogP contribution in [-0.2, 0) is 9.36 Å². The third kappa shape index (κ3) is 36.7. The largest absolute Gasteiger partial charge is 0.483 e. The van der Waals surface area contributed by atoms with Gasteiger partial charge in [-0.05, 0) is 6.07 Å². The number of hydrogen-bond donors (Lipinski definition) is 3. The summed E-state index contributed by atoms with van der Waals surface area (Å²) in [6.45, 7) is -0.250. The maximum atomic E-state index is 8.74. The second kappa shape index (κ2) is 13.3. The molecule has 0 aliphatic heterocycles. The summed E-state index contributed by atoms with van der Waals surface area (Å²) in [4.78, 5) is 30.0. The summed E-state index contributed by atoms with van der Waals surface area (Å²) < 4.78 is 8.74. The molecule has 13 heavy (non-hydrogen) atoms. The second-order valence-corrected chi connectivity index (χ2v) is 1.86. The fourth-order valence-corrected chi connectivity index (χ4v) is 0.253. The highest BCUT2D eigenvalue weighted by Crippen LogP contribution is 1.98. The van der Waals surface area contributed by atoms with Crippen LogP contribution in [0.5, 0.6) is 0 Å². The molecule has 0 aliphatic rings. The lowest BCUT2D eigenvalue weighted by Crippen LogP contribution is -1.66. The van der Waals surface area contributed by atoms with Crippen molar-refractivity contribution in [3.05, 3.63) is 24.8 Å². The SMILES string of the molecule is O=CO.O=[PH](O)O.c1cncnc1. The Balaban J connectivity index is 0. The molecule has 8 heteroatoms. The Bertz CT molecular complexity index is 189. The van der Waals surface area contributed by atoms with Crippen LogP contribution in [0.15, 0.2) is 24.8 Å². The lowest BCUT2D eigenvalue weighted by molar-refractivity contribution is -0.122. The van der Waals surface area contributed by atoms with E-state index in [9.17, 15) is 0 Å². The number of nitrogens with zero attached hydrogens (tertiary/aromatic N) is 2. The summed E-state index contributed by atoms with van der Waals surface area (Å²) in [6, 6.07) is 1.78. The van der Waals surface area contributed by atoms with Crippen LogP contribution in [0.4, 0.5) is 0 Å². The van der Waals surface area contributed by atoms with Gasteiger partial charge in [-0.3, -0.25) is 9.36 Å². The average Bonchev–Trinajstić information content (AvgIpc) is 2.08. The summed E-state index contributed by atoms with van der Waals surface area (Å²) in [5, 5.41) is 6.89. The first kappa shape index (κ1) is 14.2. The van der Waals surface area contributed by atoms with E-state index in [1.807, 2.05) is 0 Å². The van der Waals surface area contributed by atoms with Crippen LogP contribution in [0, 0.1) is 0 Å². The molecule has 1 heterocycles. The predicted octanol–water partition coefficient (Wildman–Crippen LogP) is -0.462. The van der Waals surface area contributed by atoms with E-state index in [1.165, 1.54) is 6.33 Å². The van der Waals surface area contributed by atoms with Gasteiger partial charge in [0, 0.05) is 12.4 Å². The Morgan fingerprint density at radius 2 is 1.54 bits per heavy atom. The van der Waals surface area contributed by atoms with E-state index in [2.05, 4.69) is 9.97 Å². The molecule has 0 aliphatic carbocycles. The zero-order valence-electron chi connectivity index (χ0n) is 6.44. The molecule has 0 fully saturated rings. The van der Waals surface area contributed by atoms with Crippen LogP contribution in [-0.4, -0.2) is 31.3 Å². The molecule has 0 saturated carbocycles. The minimum atomic E-state index is -3.13. The van der Waals surface area contributed by atoms with Gasteiger partial charge in [0.1, 0.15) is 6.33 Å². The van der Waals surface area contributed by atoms with E-state index >= 15 is 0 Å². The van der Waals surface area contributed by atoms with Crippen molar-refractivity contribution in [3.63, 3.8) is 0 Å². The van der Waals surface area contributed by atoms with Crippen LogP contribution in [0.2, 0.25) is 0 Å². The molecular formula is C5H9N2O5P. The van der Waals surface area contributed by atoms with Gasteiger partial charge >= 0.3 is 8.25 Å². The molecule has 0 bridgehead atoms. The number of aromatic nitrogens is 2. The average molecular weight is 208 g/mol. The summed E-state index contributed by atoms with van der Waals surface area (Å²) in [5.41, 5.74) is 0. The second-order valence-electron chi connectivity index (χ2n) is 1.29. The zero-order chi connectivity index (χ0) is 10.5. The van der Waals surface area contributed by atoms with Crippen LogP contribution in [0.25, 0.3) is 0 Å². The van der Waals surface area contributed by atoms with Gasteiger partial charge in [-0.25, -0.2) is 9.97 Å². The smallest absolute Gasteiger partial charge is 0.314 e. The molecule has 0 saturated heterocycles. The van der Waals surface area contributed by atoms with Gasteiger partial charge in [0.25, 0.3) is 6.47 Å². The van der Waals surface area contributed by atoms with Gasteiger partial charge in [0.05, 0.1) is 0 Å². The summed E-state index contributed by atoms with van der Waals surface area (Å²) in [7, 11) is -3.13. The van der Waals surface area contributed by atoms with Crippen molar-refractivity contribution < 1.29 is 24.3 Å². The van der Waals surface area contributed by atoms with Gasteiger partial charge in [0.2, 0.25) is 0 Å². The third-order valence-corrected chi connectivity index (χ3v) is 0.478. The van der Waals surface area contributed by atoms with Gasteiger partial charge in [-0.2, -0.15) is 0 Å². The molecule has 1 aromatic heterocycles. The number of carboxylic acid groups (broad SMARTS) is 1. The monoisotopic (exact) mass is 208 g/mol. The van der Waals surface area contributed by atoms with Crippen molar-refractivity contribution in [2.75, 3.05) is 0 Å². The molecule has 74 valence electrons. The molecule has 0 unspecified atom stereocenters. The van der Waals surface area contributed by atoms with E-state index in [0.29, 0.717) is 0 Å². The van der Waals surface area contributed by atoms with Gasteiger partial charge in [0.15, 0.2) is 0 Å². The first-order chi connectivity index (χ1) is 6.15. The molecule has 1 rings (SSSR count). The lowest BCUT2D eigenvalue weighted by Gasteiger charge is -1.70.